The fourth-order valence-corrected chi connectivity index (χ4v) is 6.99. The van der Waals surface area contributed by atoms with E-state index in [0.29, 0.717) is 33.6 Å². The first-order valence-electron chi connectivity index (χ1n) is 11.8. The zero-order chi connectivity index (χ0) is 24.2. The highest BCUT2D eigenvalue weighted by Crippen LogP contribution is 2.77. The van der Waals surface area contributed by atoms with Crippen LogP contribution in [0.15, 0.2) is 36.4 Å². The second kappa shape index (κ2) is 6.80. The van der Waals surface area contributed by atoms with E-state index in [-0.39, 0.29) is 11.4 Å². The van der Waals surface area contributed by atoms with Crippen LogP contribution in [0.4, 0.5) is 20.9 Å². The number of hydrogen-bond donors (Lipinski definition) is 1. The molecular formula is C26H24FN7S. The summed E-state index contributed by atoms with van der Waals surface area (Å²) in [5.74, 6) is 0.997. The van der Waals surface area contributed by atoms with Crippen LogP contribution in [-0.4, -0.2) is 39.8 Å². The third-order valence-electron chi connectivity index (χ3n) is 8.08. The number of benzene rings is 1. The van der Waals surface area contributed by atoms with Crippen molar-refractivity contribution in [2.45, 2.75) is 31.8 Å². The minimum Gasteiger partial charge on any atom is -0.366 e. The van der Waals surface area contributed by atoms with E-state index in [1.807, 2.05) is 16.5 Å². The number of piperidine rings is 1. The van der Waals surface area contributed by atoms with Crippen LogP contribution in [0, 0.1) is 35.9 Å². The van der Waals surface area contributed by atoms with Gasteiger partial charge in [0.2, 0.25) is 0 Å². The number of aryl methyl sites for hydroxylation is 2. The van der Waals surface area contributed by atoms with Crippen LogP contribution in [0.2, 0.25) is 0 Å². The molecule has 2 aliphatic carbocycles. The molecule has 0 radical (unpaired) electrons. The van der Waals surface area contributed by atoms with Crippen LogP contribution in [0.3, 0.4) is 0 Å². The second-order valence-corrected chi connectivity index (χ2v) is 10.9. The van der Waals surface area contributed by atoms with Crippen molar-refractivity contribution < 1.29 is 4.39 Å². The van der Waals surface area contributed by atoms with Crippen molar-refractivity contribution in [3.05, 3.63) is 58.5 Å². The van der Waals surface area contributed by atoms with Gasteiger partial charge in [-0.2, -0.15) is 10.4 Å². The van der Waals surface area contributed by atoms with Gasteiger partial charge in [0.15, 0.2) is 5.13 Å². The lowest BCUT2D eigenvalue weighted by Gasteiger charge is -2.21. The number of anilines is 3. The van der Waals surface area contributed by atoms with Crippen LogP contribution < -0.4 is 15.5 Å². The Morgan fingerprint density at radius 3 is 2.69 bits per heavy atom. The lowest BCUT2D eigenvalue weighted by atomic mass is 10.1. The maximum atomic E-state index is 13.5. The average Bonchev–Trinajstić information content (AvgIpc) is 3.33. The average molecular weight is 486 g/mol. The Bertz CT molecular complexity index is 1560. The van der Waals surface area contributed by atoms with Crippen molar-refractivity contribution in [1.82, 2.24) is 14.6 Å². The molecule has 4 aliphatic rings. The molecule has 4 atom stereocenters. The molecule has 9 heteroatoms. The number of rotatable bonds is 5. The fraction of sp³-hybridized carbons (Fsp3) is 0.346. The molecule has 2 N–H and O–H groups in total. The smallest absolute Gasteiger partial charge is 0.191 e. The van der Waals surface area contributed by atoms with Crippen molar-refractivity contribution in [2.75, 3.05) is 23.4 Å². The van der Waals surface area contributed by atoms with Gasteiger partial charge in [-0.15, -0.1) is 0 Å². The molecule has 2 aliphatic heterocycles. The Labute approximate surface area is 206 Å². The van der Waals surface area contributed by atoms with Crippen molar-refractivity contribution >= 4 is 33.4 Å². The molecule has 5 heterocycles. The molecule has 35 heavy (non-hydrogen) atoms. The number of thiazole rings is 1. The minimum absolute atomic E-state index is 0.0554. The van der Waals surface area contributed by atoms with Gasteiger partial charge in [0, 0.05) is 47.9 Å². The molecule has 4 aromatic rings. The Kier molecular flexibility index (Phi) is 4.05. The van der Waals surface area contributed by atoms with E-state index in [1.165, 1.54) is 29.2 Å². The molecule has 2 saturated heterocycles. The van der Waals surface area contributed by atoms with Gasteiger partial charge in [0.25, 0.3) is 0 Å². The second-order valence-electron chi connectivity index (χ2n) is 9.88. The highest BCUT2D eigenvalue weighted by molar-refractivity contribution is 7.16. The van der Waals surface area contributed by atoms with E-state index in [0.717, 1.165) is 41.1 Å². The van der Waals surface area contributed by atoms with Gasteiger partial charge in [-0.25, -0.2) is 13.9 Å². The third kappa shape index (κ3) is 2.66. The molecule has 7 nitrogen and oxygen atoms in total. The third-order valence-corrected chi connectivity index (χ3v) is 9.12. The number of halogens is 1. The molecule has 2 saturated carbocycles. The number of hydrogen-bond acceptors (Lipinski definition) is 7. The zero-order valence-electron chi connectivity index (χ0n) is 19.7. The largest absolute Gasteiger partial charge is 0.366 e. The number of nitrogens with two attached hydrogens (primary N) is 1. The normalized spacial score (nSPS) is 25.6. The van der Waals surface area contributed by atoms with Crippen LogP contribution >= 0.6 is 11.3 Å². The Morgan fingerprint density at radius 2 is 2.06 bits per heavy atom. The highest BCUT2D eigenvalue weighted by atomic mass is 32.1. The predicted molar refractivity (Wildman–Crippen MR) is 135 cm³/mol. The van der Waals surface area contributed by atoms with E-state index < -0.39 is 0 Å². The molecule has 1 aromatic carbocycles. The molecule has 4 unspecified atom stereocenters. The van der Waals surface area contributed by atoms with Gasteiger partial charge in [-0.3, -0.25) is 0 Å². The Morgan fingerprint density at radius 1 is 1.31 bits per heavy atom. The topological polar surface area (TPSA) is 86.5 Å². The zero-order valence-corrected chi connectivity index (χ0v) is 20.5. The van der Waals surface area contributed by atoms with Crippen molar-refractivity contribution in [3.63, 3.8) is 0 Å². The number of pyridine rings is 1. The standard InChI is InChI=1S/C26H24FN7S/c1-4-18-23(32(3)25-30-22(20(11-28)35-25)14-5-7-15(27)8-6-14)19-10-16(9-13(2)34(19)31-18)33-12-17-21-24(33)26(17,21)29/h5-10,17,21,24H,4,12,29H2,1-3H3. The molecule has 3 aromatic heterocycles. The van der Waals surface area contributed by atoms with Crippen LogP contribution in [-0.2, 0) is 6.42 Å². The first-order chi connectivity index (χ1) is 16.9. The summed E-state index contributed by atoms with van der Waals surface area (Å²) in [6, 6.07) is 13.2. The molecule has 0 amide bonds. The van der Waals surface area contributed by atoms with Gasteiger partial charge < -0.3 is 15.5 Å². The van der Waals surface area contributed by atoms with E-state index in [4.69, 9.17) is 15.8 Å². The monoisotopic (exact) mass is 485 g/mol. The molecule has 176 valence electrons. The number of aromatic nitrogens is 3. The summed E-state index contributed by atoms with van der Waals surface area (Å²) in [6.45, 7) is 5.21. The van der Waals surface area contributed by atoms with Crippen LogP contribution in [0.25, 0.3) is 16.8 Å². The number of nitriles is 1. The van der Waals surface area contributed by atoms with Gasteiger partial charge >= 0.3 is 0 Å². The summed E-state index contributed by atoms with van der Waals surface area (Å²) in [4.78, 5) is 9.80. The first-order valence-corrected chi connectivity index (χ1v) is 12.7. The summed E-state index contributed by atoms with van der Waals surface area (Å²) in [7, 11) is 1.97. The predicted octanol–water partition coefficient (Wildman–Crippen LogP) is 4.25. The molecule has 4 fully saturated rings. The lowest BCUT2D eigenvalue weighted by molar-refractivity contribution is 0.628. The SMILES string of the molecule is CCc1nn2c(C)cc(N3CC4C5C3C45N)cc2c1N(C)c1nc(-c2ccc(F)cc2)c(C#N)s1. The summed E-state index contributed by atoms with van der Waals surface area (Å²) in [5.41, 5.74) is 13.1. The maximum Gasteiger partial charge on any atom is 0.191 e. The van der Waals surface area contributed by atoms with Gasteiger partial charge in [0.1, 0.15) is 22.5 Å². The number of fused-ring (bicyclic) bond motifs is 2. The molecule has 2 bridgehead atoms. The Balaban J connectivity index is 1.33. The summed E-state index contributed by atoms with van der Waals surface area (Å²) in [5, 5.41) is 15.4. The van der Waals surface area contributed by atoms with Crippen LogP contribution in [0.5, 0.6) is 0 Å². The minimum atomic E-state index is -0.317. The van der Waals surface area contributed by atoms with E-state index in [1.54, 1.807) is 12.1 Å². The first kappa shape index (κ1) is 20.9. The van der Waals surface area contributed by atoms with Gasteiger partial charge in [-0.1, -0.05) is 18.3 Å². The van der Waals surface area contributed by atoms with Gasteiger partial charge in [-0.05, 0) is 49.7 Å². The summed E-state index contributed by atoms with van der Waals surface area (Å²) < 4.78 is 15.5. The van der Waals surface area contributed by atoms with E-state index in [9.17, 15) is 9.65 Å². The number of nitrogens with zero attached hydrogens (tertiary/aromatic N) is 6. The summed E-state index contributed by atoms with van der Waals surface area (Å²) >= 11 is 1.33. The van der Waals surface area contributed by atoms with E-state index in [2.05, 4.69) is 36.9 Å². The fourth-order valence-electron chi connectivity index (χ4n) is 6.14. The highest BCUT2D eigenvalue weighted by Gasteiger charge is 2.91. The lowest BCUT2D eigenvalue weighted by Crippen LogP contribution is -2.28. The molecular weight excluding hydrogens is 461 g/mol. The van der Waals surface area contributed by atoms with Crippen LogP contribution in [0.1, 0.15) is 23.2 Å². The van der Waals surface area contributed by atoms with Crippen molar-refractivity contribution in [2.24, 2.45) is 17.6 Å². The van der Waals surface area contributed by atoms with Crippen molar-refractivity contribution in [3.8, 4) is 17.3 Å². The molecule has 0 spiro atoms. The van der Waals surface area contributed by atoms with Crippen molar-refractivity contribution in [1.29, 1.82) is 5.26 Å². The maximum absolute atomic E-state index is 13.5. The summed E-state index contributed by atoms with van der Waals surface area (Å²) in [6.07, 6.45) is 0.764. The van der Waals surface area contributed by atoms with Gasteiger partial charge in [0.05, 0.1) is 22.9 Å². The Hall–Kier alpha value is -3.48. The quantitative estimate of drug-likeness (QED) is 0.455. The van der Waals surface area contributed by atoms with E-state index >= 15 is 0 Å². The molecule has 8 rings (SSSR count).